The van der Waals surface area contributed by atoms with Gasteiger partial charge in [-0.2, -0.15) is 4.98 Å². The van der Waals surface area contributed by atoms with E-state index in [2.05, 4.69) is 20.3 Å². The Kier molecular flexibility index (Phi) is 3.85. The van der Waals surface area contributed by atoms with E-state index in [-0.39, 0.29) is 23.7 Å². The summed E-state index contributed by atoms with van der Waals surface area (Å²) in [5.74, 6) is 0.353. The number of hydrogen-bond acceptors (Lipinski definition) is 7. The number of imidazole rings is 1. The van der Waals surface area contributed by atoms with Crippen LogP contribution in [-0.2, 0) is 4.74 Å². The second-order valence-electron chi connectivity index (χ2n) is 5.65. The van der Waals surface area contributed by atoms with Crippen LogP contribution >= 0.6 is 0 Å². The van der Waals surface area contributed by atoms with Crippen molar-refractivity contribution in [1.29, 1.82) is 0 Å². The van der Waals surface area contributed by atoms with Gasteiger partial charge in [0.05, 0.1) is 19.0 Å². The van der Waals surface area contributed by atoms with Crippen molar-refractivity contribution in [2.75, 3.05) is 11.9 Å². The molecule has 120 valence electrons. The summed E-state index contributed by atoms with van der Waals surface area (Å²) in [6.45, 7) is 3.60. The molecule has 1 aliphatic heterocycles. The van der Waals surface area contributed by atoms with E-state index in [9.17, 15) is 9.90 Å². The Labute approximate surface area is 126 Å². The van der Waals surface area contributed by atoms with Gasteiger partial charge < -0.3 is 20.3 Å². The van der Waals surface area contributed by atoms with Crippen molar-refractivity contribution in [1.82, 2.24) is 19.5 Å². The fourth-order valence-corrected chi connectivity index (χ4v) is 2.53. The van der Waals surface area contributed by atoms with E-state index in [4.69, 9.17) is 9.84 Å². The third-order valence-electron chi connectivity index (χ3n) is 3.55. The van der Waals surface area contributed by atoms with Gasteiger partial charge in [0.25, 0.3) is 5.56 Å². The lowest BCUT2D eigenvalue weighted by atomic mass is 10.2. The first-order valence-electron chi connectivity index (χ1n) is 7.17. The van der Waals surface area contributed by atoms with Crippen molar-refractivity contribution in [3.05, 3.63) is 16.7 Å². The van der Waals surface area contributed by atoms with Crippen LogP contribution in [0.4, 0.5) is 5.95 Å². The van der Waals surface area contributed by atoms with Gasteiger partial charge in [-0.1, -0.05) is 0 Å². The summed E-state index contributed by atoms with van der Waals surface area (Å²) in [5, 5.41) is 22.0. The number of anilines is 1. The van der Waals surface area contributed by atoms with E-state index >= 15 is 0 Å². The van der Waals surface area contributed by atoms with Crippen molar-refractivity contribution >= 4 is 17.1 Å². The summed E-state index contributed by atoms with van der Waals surface area (Å²) in [4.78, 5) is 23.1. The van der Waals surface area contributed by atoms with Crippen molar-refractivity contribution in [2.45, 2.75) is 44.7 Å². The Morgan fingerprint density at radius 3 is 3.00 bits per heavy atom. The second kappa shape index (κ2) is 5.67. The second-order valence-corrected chi connectivity index (χ2v) is 5.65. The number of aliphatic hydroxyl groups excluding tert-OH is 2. The SMILES string of the molecule is CC(C)Nc1nc2c(ncn2[C@H]2C[C@H](O)[C@@H](CO)O2)c(=O)[nH]1. The Morgan fingerprint density at radius 2 is 2.36 bits per heavy atom. The van der Waals surface area contributed by atoms with Crippen molar-refractivity contribution in [2.24, 2.45) is 0 Å². The molecule has 0 spiro atoms. The zero-order chi connectivity index (χ0) is 15.9. The monoisotopic (exact) mass is 309 g/mol. The fourth-order valence-electron chi connectivity index (χ4n) is 2.53. The Bertz CT molecular complexity index is 725. The van der Waals surface area contributed by atoms with Gasteiger partial charge in [0.15, 0.2) is 11.2 Å². The third kappa shape index (κ3) is 2.58. The van der Waals surface area contributed by atoms with Gasteiger partial charge >= 0.3 is 0 Å². The quantitative estimate of drug-likeness (QED) is 0.604. The van der Waals surface area contributed by atoms with E-state index in [0.29, 0.717) is 18.0 Å². The molecule has 9 nitrogen and oxygen atoms in total. The van der Waals surface area contributed by atoms with Crippen LogP contribution in [0, 0.1) is 0 Å². The van der Waals surface area contributed by atoms with E-state index in [0.717, 1.165) is 0 Å². The smallest absolute Gasteiger partial charge is 0.280 e. The molecular formula is C13H19N5O4. The average molecular weight is 309 g/mol. The summed E-state index contributed by atoms with van der Waals surface area (Å²) in [6.07, 6.45) is -0.153. The molecule has 0 aromatic carbocycles. The van der Waals surface area contributed by atoms with E-state index < -0.39 is 18.4 Å². The Balaban J connectivity index is 2.00. The third-order valence-corrected chi connectivity index (χ3v) is 3.55. The topological polar surface area (TPSA) is 125 Å². The van der Waals surface area contributed by atoms with Crippen LogP contribution in [-0.4, -0.2) is 54.6 Å². The van der Waals surface area contributed by atoms with Crippen LogP contribution in [0.3, 0.4) is 0 Å². The minimum absolute atomic E-state index is 0.111. The number of aromatic amines is 1. The molecule has 2 aromatic rings. The molecule has 0 saturated carbocycles. The molecule has 2 aromatic heterocycles. The highest BCUT2D eigenvalue weighted by Gasteiger charge is 2.35. The van der Waals surface area contributed by atoms with Crippen LogP contribution in [0.15, 0.2) is 11.1 Å². The summed E-state index contributed by atoms with van der Waals surface area (Å²) in [6, 6.07) is 0.111. The maximum Gasteiger partial charge on any atom is 0.280 e. The molecule has 3 atom stereocenters. The molecule has 22 heavy (non-hydrogen) atoms. The number of ether oxygens (including phenoxy) is 1. The summed E-state index contributed by atoms with van der Waals surface area (Å²) >= 11 is 0. The molecule has 9 heteroatoms. The zero-order valence-corrected chi connectivity index (χ0v) is 12.4. The number of nitrogens with one attached hydrogen (secondary N) is 2. The van der Waals surface area contributed by atoms with Crippen molar-refractivity contribution < 1.29 is 14.9 Å². The molecule has 0 bridgehead atoms. The number of hydrogen-bond donors (Lipinski definition) is 4. The first-order valence-corrected chi connectivity index (χ1v) is 7.17. The van der Waals surface area contributed by atoms with Crippen molar-refractivity contribution in [3.8, 4) is 0 Å². The predicted molar refractivity (Wildman–Crippen MR) is 78.5 cm³/mol. The molecule has 1 saturated heterocycles. The van der Waals surface area contributed by atoms with Crippen LogP contribution in [0.5, 0.6) is 0 Å². The molecular weight excluding hydrogens is 290 g/mol. The lowest BCUT2D eigenvalue weighted by molar-refractivity contribution is -0.0432. The highest BCUT2D eigenvalue weighted by molar-refractivity contribution is 5.70. The van der Waals surface area contributed by atoms with Crippen molar-refractivity contribution in [3.63, 3.8) is 0 Å². The minimum atomic E-state index is -0.761. The maximum absolute atomic E-state index is 12.1. The Morgan fingerprint density at radius 1 is 1.59 bits per heavy atom. The molecule has 0 radical (unpaired) electrons. The van der Waals surface area contributed by atoms with Gasteiger partial charge in [-0.15, -0.1) is 0 Å². The molecule has 1 aliphatic rings. The van der Waals surface area contributed by atoms with Crippen LogP contribution in [0.25, 0.3) is 11.2 Å². The maximum atomic E-state index is 12.1. The minimum Gasteiger partial charge on any atom is -0.394 e. The highest BCUT2D eigenvalue weighted by Crippen LogP contribution is 2.30. The van der Waals surface area contributed by atoms with Gasteiger partial charge in [-0.3, -0.25) is 14.3 Å². The number of rotatable bonds is 4. The normalized spacial score (nSPS) is 25.2. The van der Waals surface area contributed by atoms with Gasteiger partial charge in [0, 0.05) is 12.5 Å². The number of aromatic nitrogens is 4. The molecule has 0 unspecified atom stereocenters. The van der Waals surface area contributed by atoms with Gasteiger partial charge in [-0.05, 0) is 13.8 Å². The van der Waals surface area contributed by atoms with Gasteiger partial charge in [-0.25, -0.2) is 4.98 Å². The number of nitrogens with zero attached hydrogens (tertiary/aromatic N) is 3. The largest absolute Gasteiger partial charge is 0.394 e. The van der Waals surface area contributed by atoms with E-state index in [1.165, 1.54) is 6.33 Å². The van der Waals surface area contributed by atoms with E-state index in [1.54, 1.807) is 4.57 Å². The van der Waals surface area contributed by atoms with Crippen LogP contribution in [0.1, 0.15) is 26.5 Å². The zero-order valence-electron chi connectivity index (χ0n) is 12.4. The molecule has 0 amide bonds. The standard InChI is InChI=1S/C13H19N5O4/c1-6(2)15-13-16-11-10(12(21)17-13)14-5-18(11)9-3-7(20)8(4-19)22-9/h5-9,19-20H,3-4H2,1-2H3,(H2,15,16,17,21)/t7-,8+,9+/m0/s1. The molecule has 3 heterocycles. The Hall–Kier alpha value is -1.97. The molecule has 3 rings (SSSR count). The summed E-state index contributed by atoms with van der Waals surface area (Å²) in [5.41, 5.74) is 0.242. The van der Waals surface area contributed by atoms with Crippen LogP contribution in [0.2, 0.25) is 0 Å². The summed E-state index contributed by atoms with van der Waals surface area (Å²) < 4.78 is 7.19. The van der Waals surface area contributed by atoms with Gasteiger partial charge in [0.1, 0.15) is 12.3 Å². The number of aliphatic hydroxyl groups is 2. The fraction of sp³-hybridized carbons (Fsp3) is 0.615. The van der Waals surface area contributed by atoms with Gasteiger partial charge in [0.2, 0.25) is 5.95 Å². The highest BCUT2D eigenvalue weighted by atomic mass is 16.5. The predicted octanol–water partition coefficient (Wildman–Crippen LogP) is -0.419. The van der Waals surface area contributed by atoms with E-state index in [1.807, 2.05) is 13.8 Å². The average Bonchev–Trinajstić information content (AvgIpc) is 3.01. The first-order chi connectivity index (χ1) is 10.5. The summed E-state index contributed by atoms with van der Waals surface area (Å²) in [7, 11) is 0. The number of H-pyrrole nitrogens is 1. The molecule has 1 fully saturated rings. The first kappa shape index (κ1) is 14.9. The molecule has 0 aliphatic carbocycles. The number of fused-ring (bicyclic) bond motifs is 1. The molecule has 4 N–H and O–H groups in total. The van der Waals surface area contributed by atoms with Crippen LogP contribution < -0.4 is 10.9 Å². The lowest BCUT2D eigenvalue weighted by Crippen LogP contribution is -2.24. The lowest BCUT2D eigenvalue weighted by Gasteiger charge is -2.14.